The Bertz CT molecular complexity index is 1290. The van der Waals surface area contributed by atoms with Crippen LogP contribution in [0.4, 0.5) is 4.79 Å². The van der Waals surface area contributed by atoms with Crippen molar-refractivity contribution in [2.75, 3.05) is 6.54 Å². The van der Waals surface area contributed by atoms with Crippen LogP contribution in [0.1, 0.15) is 86.1 Å². The standard InChI is InChI=1S/C35H53N5O7/c1-20(2)24-16-17-40(27(24)31(43)37-25(28(41)30(36)42)18-22-14-11-15-22)32(44)29(35(5,6)7)39-34(46)38-26(21(3)4)33(45)47-19-23-12-9-8-10-13-23/h8-10,12-13,20-22,24-27,29H,11,14-19H2,1-7H3,(H2,36,42)(H,37,43)(H2,38,39,46)/t24-,25?,26-,27+,29-/m1/s1. The number of ketones is 1. The molecule has 0 radical (unpaired) electrons. The lowest BCUT2D eigenvalue weighted by Crippen LogP contribution is -2.62. The van der Waals surface area contributed by atoms with E-state index in [-0.39, 0.29) is 36.8 Å². The number of esters is 1. The first kappa shape index (κ1) is 37.5. The van der Waals surface area contributed by atoms with E-state index in [2.05, 4.69) is 16.0 Å². The van der Waals surface area contributed by atoms with Gasteiger partial charge in [0.2, 0.25) is 17.6 Å². The minimum Gasteiger partial charge on any atom is -0.459 e. The molecule has 1 aliphatic heterocycles. The molecule has 2 fully saturated rings. The summed E-state index contributed by atoms with van der Waals surface area (Å²) in [6.07, 6.45) is 3.70. The molecule has 3 rings (SSSR count). The minimum absolute atomic E-state index is 0.0264. The van der Waals surface area contributed by atoms with Crippen molar-refractivity contribution in [3.05, 3.63) is 35.9 Å². The van der Waals surface area contributed by atoms with Gasteiger partial charge < -0.3 is 31.3 Å². The summed E-state index contributed by atoms with van der Waals surface area (Å²) in [6.45, 7) is 13.2. The average molecular weight is 656 g/mol. The third-order valence-electron chi connectivity index (χ3n) is 9.34. The molecular weight excluding hydrogens is 602 g/mol. The van der Waals surface area contributed by atoms with Crippen LogP contribution in [-0.4, -0.2) is 71.1 Å². The van der Waals surface area contributed by atoms with Gasteiger partial charge in [0.15, 0.2) is 0 Å². The smallest absolute Gasteiger partial charge is 0.329 e. The van der Waals surface area contributed by atoms with Crippen molar-refractivity contribution in [3.63, 3.8) is 0 Å². The zero-order valence-corrected chi connectivity index (χ0v) is 28.8. The molecule has 1 unspecified atom stereocenters. The van der Waals surface area contributed by atoms with E-state index in [0.717, 1.165) is 24.8 Å². The lowest BCUT2D eigenvalue weighted by molar-refractivity contribution is -0.148. The van der Waals surface area contributed by atoms with Crippen molar-refractivity contribution in [1.82, 2.24) is 20.9 Å². The first-order chi connectivity index (χ1) is 22.0. The molecular formula is C35H53N5O7. The molecule has 0 aromatic heterocycles. The minimum atomic E-state index is -1.11. The van der Waals surface area contributed by atoms with Crippen molar-refractivity contribution < 1.29 is 33.5 Å². The molecule has 1 aliphatic carbocycles. The molecule has 0 bridgehead atoms. The fourth-order valence-electron chi connectivity index (χ4n) is 6.26. The predicted molar refractivity (Wildman–Crippen MR) is 176 cm³/mol. The number of hydrogen-bond donors (Lipinski definition) is 4. The molecule has 2 aliphatic rings. The Morgan fingerprint density at radius 2 is 1.57 bits per heavy atom. The summed E-state index contributed by atoms with van der Waals surface area (Å²) in [4.78, 5) is 80.5. The summed E-state index contributed by atoms with van der Waals surface area (Å²) in [5.74, 6) is -3.82. The van der Waals surface area contributed by atoms with Gasteiger partial charge in [-0.05, 0) is 47.5 Å². The van der Waals surface area contributed by atoms with Crippen LogP contribution in [0.2, 0.25) is 0 Å². The lowest BCUT2D eigenvalue weighted by atomic mass is 9.80. The van der Waals surface area contributed by atoms with Crippen LogP contribution in [-0.2, 0) is 35.3 Å². The van der Waals surface area contributed by atoms with Crippen molar-refractivity contribution >= 4 is 35.5 Å². The van der Waals surface area contributed by atoms with Gasteiger partial charge in [-0.3, -0.25) is 19.2 Å². The number of benzene rings is 1. The van der Waals surface area contributed by atoms with Crippen molar-refractivity contribution in [3.8, 4) is 0 Å². The van der Waals surface area contributed by atoms with Crippen LogP contribution in [0.5, 0.6) is 0 Å². The summed E-state index contributed by atoms with van der Waals surface area (Å²) >= 11 is 0. The average Bonchev–Trinajstić information content (AvgIpc) is 3.43. The molecule has 1 heterocycles. The number of urea groups is 1. The highest BCUT2D eigenvalue weighted by Gasteiger charge is 2.48. The van der Waals surface area contributed by atoms with Gasteiger partial charge in [-0.15, -0.1) is 0 Å². The molecule has 47 heavy (non-hydrogen) atoms. The highest BCUT2D eigenvalue weighted by atomic mass is 16.5. The number of nitrogens with two attached hydrogens (primary N) is 1. The van der Waals surface area contributed by atoms with Crippen molar-refractivity contribution in [2.45, 2.75) is 111 Å². The van der Waals surface area contributed by atoms with E-state index in [4.69, 9.17) is 10.5 Å². The molecule has 1 saturated heterocycles. The van der Waals surface area contributed by atoms with Gasteiger partial charge in [0.25, 0.3) is 5.91 Å². The largest absolute Gasteiger partial charge is 0.459 e. The monoisotopic (exact) mass is 655 g/mol. The number of amides is 5. The Kier molecular flexibility index (Phi) is 13.0. The number of likely N-dealkylation sites (tertiary alicyclic amines) is 1. The normalized spacial score (nSPS) is 20.1. The highest BCUT2D eigenvalue weighted by molar-refractivity contribution is 6.37. The van der Waals surface area contributed by atoms with E-state index in [9.17, 15) is 28.8 Å². The van der Waals surface area contributed by atoms with Gasteiger partial charge in [0.05, 0.1) is 6.04 Å². The molecule has 5 amide bonds. The zero-order chi connectivity index (χ0) is 35.1. The molecule has 0 spiro atoms. The van der Waals surface area contributed by atoms with Crippen molar-refractivity contribution in [1.29, 1.82) is 0 Å². The Morgan fingerprint density at radius 3 is 2.09 bits per heavy atom. The summed E-state index contributed by atoms with van der Waals surface area (Å²) in [7, 11) is 0. The number of nitrogens with zero attached hydrogens (tertiary/aromatic N) is 1. The second-order valence-electron chi connectivity index (χ2n) is 14.7. The summed E-state index contributed by atoms with van der Waals surface area (Å²) in [5.41, 5.74) is 5.35. The van der Waals surface area contributed by atoms with Crippen LogP contribution in [0.25, 0.3) is 0 Å². The Hall–Kier alpha value is -3.96. The summed E-state index contributed by atoms with van der Waals surface area (Å²) in [6, 6.07) is 4.46. The van der Waals surface area contributed by atoms with E-state index in [1.54, 1.807) is 34.6 Å². The maximum absolute atomic E-state index is 14.3. The number of carbonyl (C=O) groups excluding carboxylic acids is 6. The second kappa shape index (κ2) is 16.2. The van der Waals surface area contributed by atoms with Gasteiger partial charge in [0.1, 0.15) is 24.7 Å². The Morgan fingerprint density at radius 1 is 0.936 bits per heavy atom. The van der Waals surface area contributed by atoms with Gasteiger partial charge in [0, 0.05) is 6.54 Å². The van der Waals surface area contributed by atoms with Gasteiger partial charge in [-0.2, -0.15) is 0 Å². The number of carbonyl (C=O) groups is 6. The number of rotatable bonds is 14. The molecule has 260 valence electrons. The zero-order valence-electron chi connectivity index (χ0n) is 28.8. The predicted octanol–water partition coefficient (Wildman–Crippen LogP) is 3.07. The molecule has 12 nitrogen and oxygen atoms in total. The van der Waals surface area contributed by atoms with Crippen LogP contribution in [0.3, 0.4) is 0 Å². The summed E-state index contributed by atoms with van der Waals surface area (Å²) < 4.78 is 5.47. The highest BCUT2D eigenvalue weighted by Crippen LogP contribution is 2.34. The van der Waals surface area contributed by atoms with Crippen molar-refractivity contribution in [2.24, 2.45) is 34.8 Å². The van der Waals surface area contributed by atoms with Gasteiger partial charge >= 0.3 is 12.0 Å². The maximum atomic E-state index is 14.3. The van der Waals surface area contributed by atoms with Crippen LogP contribution >= 0.6 is 0 Å². The number of nitrogens with one attached hydrogen (secondary N) is 3. The fourth-order valence-corrected chi connectivity index (χ4v) is 6.26. The maximum Gasteiger partial charge on any atom is 0.329 e. The van der Waals surface area contributed by atoms with E-state index >= 15 is 0 Å². The van der Waals surface area contributed by atoms with Gasteiger partial charge in [-0.1, -0.05) is 98.1 Å². The number of ether oxygens (including phenoxy) is 1. The Balaban J connectivity index is 1.78. The topological polar surface area (TPSA) is 177 Å². The van der Waals surface area contributed by atoms with E-state index in [1.165, 1.54) is 4.90 Å². The molecule has 5 N–H and O–H groups in total. The van der Waals surface area contributed by atoms with E-state index < -0.39 is 65.1 Å². The van der Waals surface area contributed by atoms with E-state index in [1.807, 2.05) is 44.2 Å². The van der Waals surface area contributed by atoms with Crippen LogP contribution in [0, 0.1) is 29.1 Å². The van der Waals surface area contributed by atoms with Crippen LogP contribution < -0.4 is 21.7 Å². The SMILES string of the molecule is CC(C)[C@H]1CCN(C(=O)[C@@H](NC(=O)N[C@@H](C(=O)OCc2ccccc2)C(C)C)C(C)(C)C)[C@@H]1C(=O)NC(CC1CCC1)C(=O)C(N)=O. The number of hydrogen-bond acceptors (Lipinski definition) is 7. The molecule has 1 aromatic carbocycles. The lowest BCUT2D eigenvalue weighted by Gasteiger charge is -2.37. The number of primary amides is 1. The van der Waals surface area contributed by atoms with Crippen LogP contribution in [0.15, 0.2) is 30.3 Å². The first-order valence-electron chi connectivity index (χ1n) is 16.7. The van der Waals surface area contributed by atoms with E-state index in [0.29, 0.717) is 12.8 Å². The second-order valence-corrected chi connectivity index (χ2v) is 14.7. The molecule has 1 aromatic rings. The van der Waals surface area contributed by atoms with Gasteiger partial charge in [-0.25, -0.2) is 9.59 Å². The fraction of sp³-hybridized carbons (Fsp3) is 0.657. The third-order valence-corrected chi connectivity index (χ3v) is 9.34. The molecule has 12 heteroatoms. The number of Topliss-reactive ketones (excluding diaryl/α,β-unsaturated/α-hetero) is 1. The third kappa shape index (κ3) is 10.0. The molecule has 5 atom stereocenters. The Labute approximate surface area is 278 Å². The quantitative estimate of drug-likeness (QED) is 0.176. The first-order valence-corrected chi connectivity index (χ1v) is 16.7. The molecule has 1 saturated carbocycles. The summed E-state index contributed by atoms with van der Waals surface area (Å²) in [5, 5.41) is 8.22.